The number of hydrogen-bond acceptors (Lipinski definition) is 4. The molecule has 2 fully saturated rings. The average molecular weight is 381 g/mol. The van der Waals surface area contributed by atoms with Crippen LogP contribution in [0.5, 0.6) is 5.75 Å². The standard InChI is InChI=1S/C19H28N2O4S/c1-15-7-11-20(12-8-15)26(23,24)21-13-9-17(10-14-21)19(22)16-3-5-18(25-2)6-4-16/h3-6,15,17H,7-14H2,1-2H3. The number of ketones is 1. The van der Waals surface area contributed by atoms with E-state index < -0.39 is 10.2 Å². The largest absolute Gasteiger partial charge is 0.497 e. The fraction of sp³-hybridized carbons (Fsp3) is 0.632. The van der Waals surface area contributed by atoms with Crippen LogP contribution >= 0.6 is 0 Å². The number of benzene rings is 1. The fourth-order valence-electron chi connectivity index (χ4n) is 3.72. The van der Waals surface area contributed by atoms with Crippen molar-refractivity contribution in [3.05, 3.63) is 29.8 Å². The van der Waals surface area contributed by atoms with Crippen LogP contribution < -0.4 is 4.74 Å². The molecular weight excluding hydrogens is 352 g/mol. The first-order chi connectivity index (χ1) is 12.4. The monoisotopic (exact) mass is 380 g/mol. The lowest BCUT2D eigenvalue weighted by atomic mass is 9.89. The summed E-state index contributed by atoms with van der Waals surface area (Å²) in [5.41, 5.74) is 0.664. The van der Waals surface area contributed by atoms with Gasteiger partial charge in [-0.05, 0) is 55.9 Å². The molecule has 0 radical (unpaired) electrons. The summed E-state index contributed by atoms with van der Waals surface area (Å²) in [5.74, 6) is 1.29. The second-order valence-electron chi connectivity index (χ2n) is 7.36. The molecule has 2 aliphatic heterocycles. The fourth-order valence-corrected chi connectivity index (χ4v) is 5.39. The molecule has 144 valence electrons. The Morgan fingerprint density at radius 2 is 1.46 bits per heavy atom. The van der Waals surface area contributed by atoms with E-state index in [1.807, 2.05) is 0 Å². The van der Waals surface area contributed by atoms with Gasteiger partial charge in [-0.25, -0.2) is 0 Å². The zero-order valence-electron chi connectivity index (χ0n) is 15.6. The SMILES string of the molecule is COc1ccc(C(=O)C2CCN(S(=O)(=O)N3CCC(C)CC3)CC2)cc1. The highest BCUT2D eigenvalue weighted by molar-refractivity contribution is 7.86. The molecule has 3 rings (SSSR count). The Labute approximate surface area is 156 Å². The first kappa shape index (κ1) is 19.3. The van der Waals surface area contributed by atoms with E-state index in [2.05, 4.69) is 6.92 Å². The van der Waals surface area contributed by atoms with E-state index in [0.29, 0.717) is 50.5 Å². The molecule has 2 aliphatic rings. The van der Waals surface area contributed by atoms with E-state index in [0.717, 1.165) is 18.6 Å². The summed E-state index contributed by atoms with van der Waals surface area (Å²) in [7, 11) is -1.80. The van der Waals surface area contributed by atoms with E-state index >= 15 is 0 Å². The number of Topliss-reactive ketones (excluding diaryl/α,β-unsaturated/α-hetero) is 1. The maximum absolute atomic E-state index is 12.8. The Morgan fingerprint density at radius 3 is 1.96 bits per heavy atom. The Hall–Kier alpha value is -1.44. The van der Waals surface area contributed by atoms with Crippen molar-refractivity contribution in [3.63, 3.8) is 0 Å². The molecule has 0 aliphatic carbocycles. The van der Waals surface area contributed by atoms with Crippen molar-refractivity contribution in [2.24, 2.45) is 11.8 Å². The van der Waals surface area contributed by atoms with Crippen LogP contribution in [0.15, 0.2) is 24.3 Å². The van der Waals surface area contributed by atoms with Crippen molar-refractivity contribution < 1.29 is 17.9 Å². The van der Waals surface area contributed by atoms with Gasteiger partial charge in [-0.2, -0.15) is 17.0 Å². The Morgan fingerprint density at radius 1 is 0.962 bits per heavy atom. The summed E-state index contributed by atoms with van der Waals surface area (Å²) in [6.45, 7) is 4.21. The van der Waals surface area contributed by atoms with Crippen molar-refractivity contribution in [2.75, 3.05) is 33.3 Å². The predicted molar refractivity (Wildman–Crippen MR) is 101 cm³/mol. The van der Waals surface area contributed by atoms with Crippen LogP contribution in [0.4, 0.5) is 0 Å². The second-order valence-corrected chi connectivity index (χ2v) is 9.28. The predicted octanol–water partition coefficient (Wildman–Crippen LogP) is 2.57. The van der Waals surface area contributed by atoms with Gasteiger partial charge < -0.3 is 4.74 Å². The average Bonchev–Trinajstić information content (AvgIpc) is 2.68. The Bertz CT molecular complexity index is 716. The molecule has 0 spiro atoms. The van der Waals surface area contributed by atoms with Crippen molar-refractivity contribution in [2.45, 2.75) is 32.6 Å². The van der Waals surface area contributed by atoms with Crippen LogP contribution in [0.3, 0.4) is 0 Å². The molecule has 7 heteroatoms. The van der Waals surface area contributed by atoms with Gasteiger partial charge in [0, 0.05) is 37.7 Å². The molecule has 0 N–H and O–H groups in total. The maximum Gasteiger partial charge on any atom is 0.281 e. The molecule has 0 bridgehead atoms. The molecular formula is C19H28N2O4S. The number of ether oxygens (including phenoxy) is 1. The number of rotatable bonds is 5. The van der Waals surface area contributed by atoms with Crippen LogP contribution in [0.1, 0.15) is 43.0 Å². The normalized spacial score (nSPS) is 21.6. The highest BCUT2D eigenvalue weighted by atomic mass is 32.2. The molecule has 0 aromatic heterocycles. The molecule has 2 heterocycles. The van der Waals surface area contributed by atoms with Gasteiger partial charge >= 0.3 is 0 Å². The number of piperidine rings is 2. The molecule has 1 aromatic carbocycles. The number of nitrogens with zero attached hydrogens (tertiary/aromatic N) is 2. The van der Waals surface area contributed by atoms with Gasteiger partial charge in [-0.3, -0.25) is 4.79 Å². The summed E-state index contributed by atoms with van der Waals surface area (Å²) < 4.78 is 33.9. The number of methoxy groups -OCH3 is 1. The van der Waals surface area contributed by atoms with Crippen LogP contribution in [0.2, 0.25) is 0 Å². The van der Waals surface area contributed by atoms with E-state index in [1.54, 1.807) is 40.0 Å². The minimum Gasteiger partial charge on any atom is -0.497 e. The Kier molecular flexibility index (Phi) is 5.99. The summed E-state index contributed by atoms with van der Waals surface area (Å²) in [5, 5.41) is 0. The van der Waals surface area contributed by atoms with Crippen molar-refractivity contribution in [1.82, 2.24) is 8.61 Å². The first-order valence-corrected chi connectivity index (χ1v) is 10.7. The van der Waals surface area contributed by atoms with Crippen molar-refractivity contribution in [1.29, 1.82) is 0 Å². The topological polar surface area (TPSA) is 66.9 Å². The van der Waals surface area contributed by atoms with Gasteiger partial charge in [0.25, 0.3) is 10.2 Å². The molecule has 0 atom stereocenters. The van der Waals surface area contributed by atoms with Gasteiger partial charge in [-0.15, -0.1) is 0 Å². The van der Waals surface area contributed by atoms with Gasteiger partial charge in [0.15, 0.2) is 5.78 Å². The molecule has 0 unspecified atom stereocenters. The number of hydrogen-bond donors (Lipinski definition) is 0. The minimum atomic E-state index is -3.39. The summed E-state index contributed by atoms with van der Waals surface area (Å²) in [6, 6.07) is 7.12. The van der Waals surface area contributed by atoms with E-state index in [-0.39, 0.29) is 11.7 Å². The molecule has 0 amide bonds. The van der Waals surface area contributed by atoms with Crippen LogP contribution in [0.25, 0.3) is 0 Å². The highest BCUT2D eigenvalue weighted by Crippen LogP contribution is 2.27. The summed E-state index contributed by atoms with van der Waals surface area (Å²) in [4.78, 5) is 12.7. The van der Waals surface area contributed by atoms with Crippen LogP contribution in [0, 0.1) is 11.8 Å². The third-order valence-electron chi connectivity index (χ3n) is 5.59. The molecule has 26 heavy (non-hydrogen) atoms. The molecule has 6 nitrogen and oxygen atoms in total. The molecule has 0 saturated carbocycles. The first-order valence-electron chi connectivity index (χ1n) is 9.35. The smallest absolute Gasteiger partial charge is 0.281 e. The molecule has 2 saturated heterocycles. The van der Waals surface area contributed by atoms with Gasteiger partial charge in [-0.1, -0.05) is 6.92 Å². The third-order valence-corrected chi connectivity index (χ3v) is 7.63. The number of carbonyl (C=O) groups excluding carboxylic acids is 1. The second kappa shape index (κ2) is 8.06. The van der Waals surface area contributed by atoms with Crippen LogP contribution in [-0.4, -0.2) is 56.1 Å². The zero-order valence-corrected chi connectivity index (χ0v) is 16.4. The van der Waals surface area contributed by atoms with Crippen molar-refractivity contribution >= 4 is 16.0 Å². The summed E-state index contributed by atoms with van der Waals surface area (Å²) >= 11 is 0. The molecule has 1 aromatic rings. The summed E-state index contributed by atoms with van der Waals surface area (Å²) in [6.07, 6.45) is 3.00. The highest BCUT2D eigenvalue weighted by Gasteiger charge is 2.36. The quantitative estimate of drug-likeness (QED) is 0.737. The minimum absolute atomic E-state index is 0.0940. The zero-order chi connectivity index (χ0) is 18.7. The van der Waals surface area contributed by atoms with Crippen molar-refractivity contribution in [3.8, 4) is 5.75 Å². The third kappa shape index (κ3) is 4.10. The van der Waals surface area contributed by atoms with Gasteiger partial charge in [0.05, 0.1) is 7.11 Å². The number of carbonyl (C=O) groups is 1. The van der Waals surface area contributed by atoms with E-state index in [1.165, 1.54) is 0 Å². The lowest BCUT2D eigenvalue weighted by Crippen LogP contribution is -2.49. The Balaban J connectivity index is 1.58. The van der Waals surface area contributed by atoms with Crippen LogP contribution in [-0.2, 0) is 10.2 Å². The van der Waals surface area contributed by atoms with E-state index in [4.69, 9.17) is 4.74 Å². The lowest BCUT2D eigenvalue weighted by molar-refractivity contribution is 0.0872. The lowest BCUT2D eigenvalue weighted by Gasteiger charge is -2.37. The van der Waals surface area contributed by atoms with Gasteiger partial charge in [0.2, 0.25) is 0 Å². The van der Waals surface area contributed by atoms with E-state index in [9.17, 15) is 13.2 Å². The maximum atomic E-state index is 12.8. The van der Waals surface area contributed by atoms with Gasteiger partial charge in [0.1, 0.15) is 5.75 Å².